The van der Waals surface area contributed by atoms with E-state index in [-0.39, 0.29) is 17.6 Å². The molecule has 0 bridgehead atoms. The summed E-state index contributed by atoms with van der Waals surface area (Å²) in [5, 5.41) is 4.77. The topological polar surface area (TPSA) is 21.3 Å². The van der Waals surface area contributed by atoms with Gasteiger partial charge in [-0.25, -0.2) is 0 Å². The zero-order chi connectivity index (χ0) is 15.3. The van der Waals surface area contributed by atoms with E-state index in [1.807, 2.05) is 32.2 Å². The fourth-order valence-corrected chi connectivity index (χ4v) is 3.01. The van der Waals surface area contributed by atoms with Gasteiger partial charge in [0.15, 0.2) is 0 Å². The van der Waals surface area contributed by atoms with Crippen molar-refractivity contribution in [1.29, 1.82) is 0 Å². The third-order valence-corrected chi connectivity index (χ3v) is 4.13. The first kappa shape index (κ1) is 17.8. The highest BCUT2D eigenvalue weighted by atomic mass is 35.5. The lowest BCUT2D eigenvalue weighted by Crippen LogP contribution is -2.48. The lowest BCUT2D eigenvalue weighted by Gasteiger charge is -2.37. The number of benzene rings is 1. The first-order valence-corrected chi connectivity index (χ1v) is 7.78. The third kappa shape index (κ3) is 4.63. The van der Waals surface area contributed by atoms with Crippen LogP contribution in [0, 0.1) is 5.41 Å². The Kier molecular flexibility index (Phi) is 6.80. The van der Waals surface area contributed by atoms with Crippen molar-refractivity contribution in [3.8, 4) is 0 Å². The van der Waals surface area contributed by atoms with Crippen LogP contribution in [0.3, 0.4) is 0 Å². The molecule has 1 rings (SSSR count). The summed E-state index contributed by atoms with van der Waals surface area (Å²) in [6, 6.07) is 5.78. The molecule has 0 aliphatic heterocycles. The zero-order valence-electron chi connectivity index (χ0n) is 13.0. The van der Waals surface area contributed by atoms with Crippen molar-refractivity contribution in [3.05, 3.63) is 33.8 Å². The molecule has 0 amide bonds. The van der Waals surface area contributed by atoms with Gasteiger partial charge in [0.2, 0.25) is 0 Å². The molecule has 0 aliphatic rings. The summed E-state index contributed by atoms with van der Waals surface area (Å²) < 4.78 is 5.96. The molecule has 2 unspecified atom stereocenters. The third-order valence-electron chi connectivity index (χ3n) is 3.42. The molecule has 0 spiro atoms. The standard InChI is InChI=1S/C16H25Cl2NO/c1-6-20-15(16(2,3)4)14(19-5)10-11-12(17)8-7-9-13(11)18/h7-9,14-15,19H,6,10H2,1-5H3. The molecule has 0 fully saturated rings. The van der Waals surface area contributed by atoms with E-state index in [0.29, 0.717) is 16.7 Å². The van der Waals surface area contributed by atoms with Crippen molar-refractivity contribution in [3.63, 3.8) is 0 Å². The van der Waals surface area contributed by atoms with Crippen LogP contribution in [0.5, 0.6) is 0 Å². The average Bonchev–Trinajstić information content (AvgIpc) is 2.35. The Balaban J connectivity index is 3.00. The van der Waals surface area contributed by atoms with Crippen LogP contribution in [0.1, 0.15) is 33.3 Å². The Labute approximate surface area is 132 Å². The summed E-state index contributed by atoms with van der Waals surface area (Å²) in [5.74, 6) is 0. The Morgan fingerprint density at radius 2 is 1.75 bits per heavy atom. The number of rotatable bonds is 6. The molecule has 0 saturated carbocycles. The molecule has 114 valence electrons. The highest BCUT2D eigenvalue weighted by Gasteiger charge is 2.32. The Morgan fingerprint density at radius 3 is 2.15 bits per heavy atom. The minimum atomic E-state index is 0.0391. The van der Waals surface area contributed by atoms with Crippen molar-refractivity contribution in [2.75, 3.05) is 13.7 Å². The largest absolute Gasteiger partial charge is 0.376 e. The van der Waals surface area contributed by atoms with Crippen molar-refractivity contribution >= 4 is 23.2 Å². The number of hydrogen-bond donors (Lipinski definition) is 1. The van der Waals surface area contributed by atoms with Crippen LogP contribution in [0.4, 0.5) is 0 Å². The number of likely N-dealkylation sites (N-methyl/N-ethyl adjacent to an activating group) is 1. The number of nitrogens with one attached hydrogen (secondary N) is 1. The minimum Gasteiger partial charge on any atom is -0.376 e. The van der Waals surface area contributed by atoms with Crippen molar-refractivity contribution in [2.24, 2.45) is 5.41 Å². The number of ether oxygens (including phenoxy) is 1. The van der Waals surface area contributed by atoms with E-state index in [1.165, 1.54) is 0 Å². The average molecular weight is 318 g/mol. The predicted octanol–water partition coefficient (Wildman–Crippen LogP) is 4.58. The predicted molar refractivity (Wildman–Crippen MR) is 87.9 cm³/mol. The molecular formula is C16H25Cl2NO. The first-order valence-electron chi connectivity index (χ1n) is 7.03. The van der Waals surface area contributed by atoms with Crippen LogP contribution in [-0.2, 0) is 11.2 Å². The van der Waals surface area contributed by atoms with Gasteiger partial charge in [-0.1, -0.05) is 50.0 Å². The summed E-state index contributed by atoms with van der Waals surface area (Å²) in [7, 11) is 1.95. The molecule has 4 heteroatoms. The maximum atomic E-state index is 6.27. The van der Waals surface area contributed by atoms with E-state index in [1.54, 1.807) is 0 Å². The highest BCUT2D eigenvalue weighted by Crippen LogP contribution is 2.30. The van der Waals surface area contributed by atoms with E-state index in [4.69, 9.17) is 27.9 Å². The second-order valence-corrected chi connectivity index (χ2v) is 6.86. The van der Waals surface area contributed by atoms with E-state index in [9.17, 15) is 0 Å². The number of halogens is 2. The molecule has 0 aromatic heterocycles. The summed E-state index contributed by atoms with van der Waals surface area (Å²) in [6.45, 7) is 9.27. The molecule has 1 aromatic rings. The Morgan fingerprint density at radius 1 is 1.20 bits per heavy atom. The van der Waals surface area contributed by atoms with Crippen LogP contribution in [-0.4, -0.2) is 25.8 Å². The van der Waals surface area contributed by atoms with Crippen LogP contribution in [0.2, 0.25) is 10.0 Å². The molecule has 2 atom stereocenters. The van der Waals surface area contributed by atoms with Crippen LogP contribution in [0.25, 0.3) is 0 Å². The van der Waals surface area contributed by atoms with Gasteiger partial charge < -0.3 is 10.1 Å². The van der Waals surface area contributed by atoms with Crippen LogP contribution < -0.4 is 5.32 Å². The second-order valence-electron chi connectivity index (χ2n) is 6.04. The van der Waals surface area contributed by atoms with Gasteiger partial charge in [0.25, 0.3) is 0 Å². The van der Waals surface area contributed by atoms with Crippen LogP contribution in [0.15, 0.2) is 18.2 Å². The fourth-order valence-electron chi connectivity index (χ4n) is 2.46. The zero-order valence-corrected chi connectivity index (χ0v) is 14.5. The van der Waals surface area contributed by atoms with Gasteiger partial charge in [-0.3, -0.25) is 0 Å². The highest BCUT2D eigenvalue weighted by molar-refractivity contribution is 6.36. The molecule has 0 radical (unpaired) electrons. The van der Waals surface area contributed by atoms with E-state index >= 15 is 0 Å². The summed E-state index contributed by atoms with van der Waals surface area (Å²) >= 11 is 12.5. The quantitative estimate of drug-likeness (QED) is 0.829. The van der Waals surface area contributed by atoms with E-state index < -0.39 is 0 Å². The van der Waals surface area contributed by atoms with Gasteiger partial charge in [-0.15, -0.1) is 0 Å². The van der Waals surface area contributed by atoms with Crippen molar-refractivity contribution < 1.29 is 4.74 Å². The first-order chi connectivity index (χ1) is 9.31. The Hall–Kier alpha value is -0.280. The summed E-state index contributed by atoms with van der Waals surface area (Å²) in [6.07, 6.45) is 0.835. The normalized spacial score (nSPS) is 15.2. The van der Waals surface area contributed by atoms with Gasteiger partial charge in [-0.2, -0.15) is 0 Å². The maximum absolute atomic E-state index is 6.27. The SMILES string of the molecule is CCOC(C(Cc1c(Cl)cccc1Cl)NC)C(C)(C)C. The van der Waals surface area contributed by atoms with Crippen molar-refractivity contribution in [2.45, 2.75) is 46.3 Å². The molecular weight excluding hydrogens is 293 g/mol. The molecule has 2 nitrogen and oxygen atoms in total. The molecule has 0 aliphatic carbocycles. The van der Waals surface area contributed by atoms with E-state index in [2.05, 4.69) is 26.1 Å². The van der Waals surface area contributed by atoms with Crippen LogP contribution >= 0.6 is 23.2 Å². The van der Waals surface area contributed by atoms with Crippen molar-refractivity contribution in [1.82, 2.24) is 5.32 Å². The fraction of sp³-hybridized carbons (Fsp3) is 0.625. The minimum absolute atomic E-state index is 0.0391. The molecule has 0 saturated heterocycles. The van der Waals surface area contributed by atoms with Gasteiger partial charge in [-0.05, 0) is 43.5 Å². The molecule has 1 aromatic carbocycles. The van der Waals surface area contributed by atoms with Gasteiger partial charge >= 0.3 is 0 Å². The summed E-state index contributed by atoms with van der Waals surface area (Å²) in [4.78, 5) is 0. The lowest BCUT2D eigenvalue weighted by atomic mass is 9.82. The maximum Gasteiger partial charge on any atom is 0.0779 e. The Bertz CT molecular complexity index is 409. The van der Waals surface area contributed by atoms with E-state index in [0.717, 1.165) is 12.0 Å². The monoisotopic (exact) mass is 317 g/mol. The second kappa shape index (κ2) is 7.65. The smallest absolute Gasteiger partial charge is 0.0779 e. The molecule has 20 heavy (non-hydrogen) atoms. The summed E-state index contributed by atoms with van der Waals surface area (Å²) in [5.41, 5.74) is 1.02. The van der Waals surface area contributed by atoms with Gasteiger partial charge in [0.05, 0.1) is 6.10 Å². The molecule has 0 heterocycles. The van der Waals surface area contributed by atoms with Gasteiger partial charge in [0, 0.05) is 22.7 Å². The van der Waals surface area contributed by atoms with Gasteiger partial charge in [0.1, 0.15) is 0 Å². The molecule has 1 N–H and O–H groups in total. The number of hydrogen-bond acceptors (Lipinski definition) is 2. The lowest BCUT2D eigenvalue weighted by molar-refractivity contribution is -0.0340.